The van der Waals surface area contributed by atoms with E-state index in [1.54, 1.807) is 0 Å². The molecule has 0 aliphatic heterocycles. The molecule has 1 aromatic heterocycles. The van der Waals surface area contributed by atoms with Crippen molar-refractivity contribution in [3.8, 4) is 0 Å². The summed E-state index contributed by atoms with van der Waals surface area (Å²) in [7, 11) is 0. The van der Waals surface area contributed by atoms with E-state index in [-0.39, 0.29) is 17.2 Å². The van der Waals surface area contributed by atoms with Gasteiger partial charge >= 0.3 is 0 Å². The quantitative estimate of drug-likeness (QED) is 0.714. The molecule has 6 nitrogen and oxygen atoms in total. The van der Waals surface area contributed by atoms with Crippen molar-refractivity contribution < 1.29 is 5.11 Å². The number of aliphatic hydroxyl groups is 1. The molecule has 0 aliphatic carbocycles. The van der Waals surface area contributed by atoms with Crippen LogP contribution >= 0.6 is 11.6 Å². The topological polar surface area (TPSA) is 97.0 Å². The first kappa shape index (κ1) is 12.9. The number of hydrogen-bond acceptors (Lipinski definition) is 6. The lowest BCUT2D eigenvalue weighted by Gasteiger charge is -2.13. The van der Waals surface area contributed by atoms with Gasteiger partial charge < -0.3 is 16.2 Å². The summed E-state index contributed by atoms with van der Waals surface area (Å²) in [6, 6.07) is 0. The van der Waals surface area contributed by atoms with Gasteiger partial charge in [0.25, 0.3) is 0 Å². The Morgan fingerprint density at radius 2 is 2.06 bits per heavy atom. The van der Waals surface area contributed by atoms with Crippen LogP contribution in [0.5, 0.6) is 0 Å². The molecule has 0 spiro atoms. The van der Waals surface area contributed by atoms with E-state index < -0.39 is 6.10 Å². The zero-order chi connectivity index (χ0) is 12.1. The van der Waals surface area contributed by atoms with Crippen LogP contribution in [0.25, 0.3) is 0 Å². The molecule has 0 bridgehead atoms. The van der Waals surface area contributed by atoms with Crippen molar-refractivity contribution in [3.05, 3.63) is 5.28 Å². The highest BCUT2D eigenvalue weighted by Gasteiger charge is 2.08. The third-order valence-electron chi connectivity index (χ3n) is 1.86. The first-order valence-corrected chi connectivity index (χ1v) is 5.44. The smallest absolute Gasteiger partial charge is 0.228 e. The second kappa shape index (κ2) is 5.81. The predicted octanol–water partition coefficient (Wildman–Crippen LogP) is 0.926. The molecule has 0 saturated heterocycles. The summed E-state index contributed by atoms with van der Waals surface area (Å²) in [5.74, 6) is 0.768. The lowest BCUT2D eigenvalue weighted by atomic mass is 10.1. The second-order valence-corrected chi connectivity index (χ2v) is 4.29. The molecule has 1 atom stereocenters. The summed E-state index contributed by atoms with van der Waals surface area (Å²) in [4.78, 5) is 11.3. The molecule has 0 amide bonds. The van der Waals surface area contributed by atoms with Crippen molar-refractivity contribution in [3.63, 3.8) is 0 Å². The van der Waals surface area contributed by atoms with Crippen LogP contribution in [0, 0.1) is 5.92 Å². The third kappa shape index (κ3) is 4.59. The van der Waals surface area contributed by atoms with Gasteiger partial charge in [0.05, 0.1) is 6.10 Å². The fourth-order valence-corrected chi connectivity index (χ4v) is 1.45. The van der Waals surface area contributed by atoms with Crippen LogP contribution in [0.3, 0.4) is 0 Å². The lowest BCUT2D eigenvalue weighted by Crippen LogP contribution is -2.22. The Balaban J connectivity index is 2.48. The van der Waals surface area contributed by atoms with E-state index >= 15 is 0 Å². The normalized spacial score (nSPS) is 12.8. The number of nitrogen functional groups attached to an aromatic ring is 1. The minimum Gasteiger partial charge on any atom is -0.391 e. The van der Waals surface area contributed by atoms with Crippen LogP contribution in [0.2, 0.25) is 5.28 Å². The molecule has 16 heavy (non-hydrogen) atoms. The van der Waals surface area contributed by atoms with Crippen molar-refractivity contribution in [2.24, 2.45) is 5.92 Å². The van der Waals surface area contributed by atoms with Crippen molar-refractivity contribution in [2.75, 3.05) is 17.6 Å². The summed E-state index contributed by atoms with van der Waals surface area (Å²) in [5, 5.41) is 12.5. The van der Waals surface area contributed by atoms with E-state index in [1.165, 1.54) is 0 Å². The molecule has 1 aromatic rings. The number of aliphatic hydroxyl groups excluding tert-OH is 1. The Bertz CT molecular complexity index is 326. The molecule has 1 rings (SSSR count). The number of hydrogen-bond donors (Lipinski definition) is 3. The molecule has 0 fully saturated rings. The van der Waals surface area contributed by atoms with Gasteiger partial charge in [-0.2, -0.15) is 15.0 Å². The number of nitrogens with two attached hydrogens (primary N) is 1. The molecule has 1 heterocycles. The lowest BCUT2D eigenvalue weighted by molar-refractivity contribution is 0.161. The van der Waals surface area contributed by atoms with Gasteiger partial charge in [-0.15, -0.1) is 0 Å². The number of rotatable bonds is 5. The predicted molar refractivity (Wildman–Crippen MR) is 63.2 cm³/mol. The molecular formula is C9H16ClN5O. The van der Waals surface area contributed by atoms with E-state index in [2.05, 4.69) is 20.3 Å². The molecule has 7 heteroatoms. The molecule has 0 saturated carbocycles. The number of nitrogens with zero attached hydrogens (tertiary/aromatic N) is 3. The summed E-state index contributed by atoms with van der Waals surface area (Å²) < 4.78 is 0. The summed E-state index contributed by atoms with van der Waals surface area (Å²) in [6.07, 6.45) is 0.262. The van der Waals surface area contributed by atoms with E-state index in [0.29, 0.717) is 18.9 Å². The first-order valence-electron chi connectivity index (χ1n) is 5.06. The highest BCUT2D eigenvalue weighted by molar-refractivity contribution is 6.28. The molecule has 0 aliphatic rings. The van der Waals surface area contributed by atoms with E-state index in [9.17, 15) is 5.11 Å². The van der Waals surface area contributed by atoms with Crippen LogP contribution in [0.15, 0.2) is 0 Å². The Morgan fingerprint density at radius 3 is 2.62 bits per heavy atom. The minimum absolute atomic E-state index is 0.0355. The maximum absolute atomic E-state index is 9.62. The van der Waals surface area contributed by atoms with E-state index in [4.69, 9.17) is 17.3 Å². The fourth-order valence-electron chi connectivity index (χ4n) is 1.28. The molecule has 0 radical (unpaired) electrons. The number of nitrogens with one attached hydrogen (secondary N) is 1. The van der Waals surface area contributed by atoms with Gasteiger partial charge in [0.15, 0.2) is 0 Å². The monoisotopic (exact) mass is 245 g/mol. The van der Waals surface area contributed by atoms with Crippen molar-refractivity contribution in [1.29, 1.82) is 0 Å². The van der Waals surface area contributed by atoms with Gasteiger partial charge in [-0.3, -0.25) is 0 Å². The SMILES string of the molecule is CC(C)CC(O)CNc1nc(N)nc(Cl)n1. The second-order valence-electron chi connectivity index (χ2n) is 3.95. The Labute approximate surface area is 99.3 Å². The molecule has 0 aromatic carbocycles. The third-order valence-corrected chi connectivity index (χ3v) is 2.03. The van der Waals surface area contributed by atoms with Gasteiger partial charge in [-0.25, -0.2) is 0 Å². The molecule has 90 valence electrons. The minimum atomic E-state index is -0.447. The standard InChI is InChI=1S/C9H16ClN5O/c1-5(2)3-6(16)4-12-9-14-7(10)13-8(11)15-9/h5-6,16H,3-4H2,1-2H3,(H3,11,12,13,14,15). The molecule has 1 unspecified atom stereocenters. The number of halogens is 1. The number of anilines is 2. The van der Waals surface area contributed by atoms with Gasteiger partial charge in [0.1, 0.15) is 0 Å². The van der Waals surface area contributed by atoms with Crippen LogP contribution in [0.1, 0.15) is 20.3 Å². The van der Waals surface area contributed by atoms with Gasteiger partial charge in [0, 0.05) is 6.54 Å². The zero-order valence-corrected chi connectivity index (χ0v) is 10.1. The van der Waals surface area contributed by atoms with E-state index in [0.717, 1.165) is 0 Å². The van der Waals surface area contributed by atoms with Crippen molar-refractivity contribution in [1.82, 2.24) is 15.0 Å². The number of aromatic nitrogens is 3. The molecule has 4 N–H and O–H groups in total. The van der Waals surface area contributed by atoms with Crippen molar-refractivity contribution >= 4 is 23.5 Å². The summed E-state index contributed by atoms with van der Waals surface area (Å²) in [5.41, 5.74) is 5.40. The Kier molecular flexibility index (Phi) is 4.70. The summed E-state index contributed by atoms with van der Waals surface area (Å²) >= 11 is 5.61. The van der Waals surface area contributed by atoms with Crippen LogP contribution < -0.4 is 11.1 Å². The first-order chi connectivity index (χ1) is 7.47. The van der Waals surface area contributed by atoms with E-state index in [1.807, 2.05) is 13.8 Å². The average molecular weight is 246 g/mol. The maximum atomic E-state index is 9.62. The highest BCUT2D eigenvalue weighted by Crippen LogP contribution is 2.08. The fraction of sp³-hybridized carbons (Fsp3) is 0.667. The van der Waals surface area contributed by atoms with Crippen LogP contribution in [-0.4, -0.2) is 32.7 Å². The highest BCUT2D eigenvalue weighted by atomic mass is 35.5. The van der Waals surface area contributed by atoms with Gasteiger partial charge in [-0.05, 0) is 23.9 Å². The summed E-state index contributed by atoms with van der Waals surface area (Å²) in [6.45, 7) is 4.44. The van der Waals surface area contributed by atoms with Crippen molar-refractivity contribution in [2.45, 2.75) is 26.4 Å². The average Bonchev–Trinajstić information content (AvgIpc) is 2.12. The van der Waals surface area contributed by atoms with Gasteiger partial charge in [-0.1, -0.05) is 13.8 Å². The Morgan fingerprint density at radius 1 is 1.38 bits per heavy atom. The molecular weight excluding hydrogens is 230 g/mol. The maximum Gasteiger partial charge on any atom is 0.228 e. The van der Waals surface area contributed by atoms with Gasteiger partial charge in [0.2, 0.25) is 17.2 Å². The van der Waals surface area contributed by atoms with Crippen LogP contribution in [-0.2, 0) is 0 Å². The largest absolute Gasteiger partial charge is 0.391 e. The zero-order valence-electron chi connectivity index (χ0n) is 9.31. The Hall–Kier alpha value is -1.14. The van der Waals surface area contributed by atoms with Crippen LogP contribution in [0.4, 0.5) is 11.9 Å².